The first kappa shape index (κ1) is 18.2. The molecular weight excluding hydrogens is 390 g/mol. The highest BCUT2D eigenvalue weighted by atomic mass is 35.5. The van der Waals surface area contributed by atoms with Gasteiger partial charge < -0.3 is 0 Å². The maximum absolute atomic E-state index is 12.9. The molecule has 23 heavy (non-hydrogen) atoms. The maximum Gasteiger partial charge on any atom is 0.433 e. The molecule has 0 aliphatic rings. The minimum atomic E-state index is -5.30. The Labute approximate surface area is 140 Å². The molecular formula is C13H4Cl3F6N. The number of alkyl halides is 6. The highest BCUT2D eigenvalue weighted by Gasteiger charge is 2.44. The van der Waals surface area contributed by atoms with Crippen molar-refractivity contribution in [2.45, 2.75) is 12.4 Å². The summed E-state index contributed by atoms with van der Waals surface area (Å²) in [6.45, 7) is 0. The van der Waals surface area contributed by atoms with E-state index in [4.69, 9.17) is 34.8 Å². The Kier molecular flexibility index (Phi) is 4.76. The van der Waals surface area contributed by atoms with Gasteiger partial charge >= 0.3 is 12.4 Å². The number of hydrogen-bond acceptors (Lipinski definition) is 1. The van der Waals surface area contributed by atoms with Gasteiger partial charge in [0.1, 0.15) is 0 Å². The van der Waals surface area contributed by atoms with Gasteiger partial charge in [0.25, 0.3) is 0 Å². The highest BCUT2D eigenvalue weighted by Crippen LogP contribution is 2.42. The van der Waals surface area contributed by atoms with E-state index in [1.165, 1.54) is 12.1 Å². The van der Waals surface area contributed by atoms with Crippen molar-refractivity contribution in [3.8, 4) is 11.3 Å². The van der Waals surface area contributed by atoms with Crippen molar-refractivity contribution >= 4 is 34.8 Å². The summed E-state index contributed by atoms with van der Waals surface area (Å²) < 4.78 is 76.8. The highest BCUT2D eigenvalue weighted by molar-refractivity contribution is 6.41. The third-order valence-electron chi connectivity index (χ3n) is 2.73. The van der Waals surface area contributed by atoms with E-state index >= 15 is 0 Å². The lowest BCUT2D eigenvalue weighted by molar-refractivity contribution is -0.164. The van der Waals surface area contributed by atoms with Crippen LogP contribution in [0.25, 0.3) is 11.3 Å². The van der Waals surface area contributed by atoms with Gasteiger partial charge in [0, 0.05) is 10.6 Å². The molecule has 0 aliphatic carbocycles. The quantitative estimate of drug-likeness (QED) is 0.488. The van der Waals surface area contributed by atoms with E-state index in [1.54, 1.807) is 0 Å². The van der Waals surface area contributed by atoms with Gasteiger partial charge in [0.05, 0.1) is 21.3 Å². The topological polar surface area (TPSA) is 12.9 Å². The average molecular weight is 395 g/mol. The fourth-order valence-electron chi connectivity index (χ4n) is 1.83. The number of nitrogens with zero attached hydrogens (tertiary/aromatic N) is 1. The van der Waals surface area contributed by atoms with Crippen molar-refractivity contribution < 1.29 is 26.3 Å². The van der Waals surface area contributed by atoms with E-state index in [9.17, 15) is 26.3 Å². The molecule has 1 heterocycles. The Morgan fingerprint density at radius 1 is 0.783 bits per heavy atom. The maximum atomic E-state index is 12.9. The number of halogens is 9. The molecule has 124 valence electrons. The summed E-state index contributed by atoms with van der Waals surface area (Å²) in [4.78, 5) is 3.08. The predicted molar refractivity (Wildman–Crippen MR) is 74.7 cm³/mol. The third-order valence-corrected chi connectivity index (χ3v) is 3.55. The lowest BCUT2D eigenvalue weighted by Gasteiger charge is -2.16. The van der Waals surface area contributed by atoms with Crippen LogP contribution in [-0.4, -0.2) is 4.98 Å². The summed E-state index contributed by atoms with van der Waals surface area (Å²) in [5.74, 6) is 0. The van der Waals surface area contributed by atoms with Gasteiger partial charge in [-0.15, -0.1) is 0 Å². The van der Waals surface area contributed by atoms with Gasteiger partial charge in [-0.2, -0.15) is 26.3 Å². The van der Waals surface area contributed by atoms with Gasteiger partial charge in [-0.1, -0.05) is 34.8 Å². The molecule has 0 unspecified atom stereocenters. The molecule has 0 atom stereocenters. The second-order valence-electron chi connectivity index (χ2n) is 4.33. The number of hydrogen-bond donors (Lipinski definition) is 0. The Morgan fingerprint density at radius 2 is 1.30 bits per heavy atom. The zero-order valence-corrected chi connectivity index (χ0v) is 12.9. The number of benzene rings is 1. The number of aromatic nitrogens is 1. The molecule has 10 heteroatoms. The number of pyridine rings is 1. The normalized spacial score (nSPS) is 12.6. The minimum Gasteiger partial charge on any atom is -0.243 e. The smallest absolute Gasteiger partial charge is 0.243 e. The van der Waals surface area contributed by atoms with Crippen LogP contribution in [0, 0.1) is 0 Å². The van der Waals surface area contributed by atoms with Gasteiger partial charge in [-0.05, 0) is 24.3 Å². The lowest BCUT2D eigenvalue weighted by Crippen LogP contribution is -2.18. The van der Waals surface area contributed by atoms with Crippen molar-refractivity contribution in [3.63, 3.8) is 0 Å². The first-order chi connectivity index (χ1) is 10.4. The predicted octanol–water partition coefficient (Wildman–Crippen LogP) is 6.75. The van der Waals surface area contributed by atoms with Crippen molar-refractivity contribution in [1.82, 2.24) is 4.98 Å². The molecule has 0 N–H and O–H groups in total. The molecule has 1 aromatic heterocycles. The second kappa shape index (κ2) is 6.03. The van der Waals surface area contributed by atoms with Gasteiger partial charge in [0.15, 0.2) is 5.69 Å². The molecule has 0 bridgehead atoms. The number of rotatable bonds is 1. The largest absolute Gasteiger partial charge is 0.433 e. The van der Waals surface area contributed by atoms with E-state index in [1.807, 2.05) is 0 Å². The van der Waals surface area contributed by atoms with Crippen molar-refractivity contribution in [1.29, 1.82) is 0 Å². The Hall–Kier alpha value is -1.18. The zero-order chi connectivity index (χ0) is 17.6. The molecule has 2 rings (SSSR count). The van der Waals surface area contributed by atoms with Gasteiger partial charge in [-0.3, -0.25) is 0 Å². The van der Waals surface area contributed by atoms with Crippen LogP contribution < -0.4 is 0 Å². The van der Waals surface area contributed by atoms with E-state index < -0.39 is 29.3 Å². The van der Waals surface area contributed by atoms with Crippen molar-refractivity contribution in [3.05, 3.63) is 50.6 Å². The molecule has 1 aromatic carbocycles. The standard InChI is InChI=1S/C13H4Cl3F6N/c14-5-3-7(15)10(8(16)4-5)9-2-1-6(12(17,18)19)11(23-9)13(20,21)22/h1-4H. The van der Waals surface area contributed by atoms with E-state index in [-0.39, 0.29) is 26.7 Å². The van der Waals surface area contributed by atoms with Crippen LogP contribution in [0.5, 0.6) is 0 Å². The summed E-state index contributed by atoms with van der Waals surface area (Å²) in [7, 11) is 0. The molecule has 0 radical (unpaired) electrons. The van der Waals surface area contributed by atoms with E-state index in [2.05, 4.69) is 4.98 Å². The lowest BCUT2D eigenvalue weighted by atomic mass is 10.1. The first-order valence-electron chi connectivity index (χ1n) is 5.71. The van der Waals surface area contributed by atoms with Crippen LogP contribution >= 0.6 is 34.8 Å². The van der Waals surface area contributed by atoms with Crippen LogP contribution in [0.1, 0.15) is 11.3 Å². The van der Waals surface area contributed by atoms with Crippen molar-refractivity contribution in [2.24, 2.45) is 0 Å². The summed E-state index contributed by atoms with van der Waals surface area (Å²) in [5, 5.41) is -0.155. The van der Waals surface area contributed by atoms with Crippen LogP contribution in [0.2, 0.25) is 15.1 Å². The Morgan fingerprint density at radius 3 is 1.74 bits per heavy atom. The summed E-state index contributed by atoms with van der Waals surface area (Å²) in [6.07, 6.45) is -10.5. The van der Waals surface area contributed by atoms with Gasteiger partial charge in [0.2, 0.25) is 0 Å². The van der Waals surface area contributed by atoms with E-state index in [0.717, 1.165) is 6.07 Å². The zero-order valence-electron chi connectivity index (χ0n) is 10.7. The summed E-state index contributed by atoms with van der Waals surface area (Å²) in [6, 6.07) is 3.43. The van der Waals surface area contributed by atoms with Gasteiger partial charge in [-0.25, -0.2) is 4.98 Å². The van der Waals surface area contributed by atoms with Crippen LogP contribution in [0.4, 0.5) is 26.3 Å². The Bertz CT molecular complexity index is 731. The van der Waals surface area contributed by atoms with Crippen molar-refractivity contribution in [2.75, 3.05) is 0 Å². The second-order valence-corrected chi connectivity index (χ2v) is 5.58. The Balaban J connectivity index is 2.73. The van der Waals surface area contributed by atoms with Crippen LogP contribution in [0.3, 0.4) is 0 Å². The minimum absolute atomic E-state index is 0.117. The molecule has 0 aliphatic heterocycles. The monoisotopic (exact) mass is 393 g/mol. The van der Waals surface area contributed by atoms with E-state index in [0.29, 0.717) is 0 Å². The van der Waals surface area contributed by atoms with Crippen LogP contribution in [0.15, 0.2) is 24.3 Å². The fourth-order valence-corrected chi connectivity index (χ4v) is 2.84. The molecule has 0 fully saturated rings. The fraction of sp³-hybridized carbons (Fsp3) is 0.154. The van der Waals surface area contributed by atoms with Crippen LogP contribution in [-0.2, 0) is 12.4 Å². The summed E-state index contributed by atoms with van der Waals surface area (Å²) >= 11 is 17.4. The third kappa shape index (κ3) is 3.84. The molecule has 0 saturated carbocycles. The first-order valence-corrected chi connectivity index (χ1v) is 6.85. The summed E-state index contributed by atoms with van der Waals surface area (Å²) in [5.41, 5.74) is -4.55. The SMILES string of the molecule is FC(F)(F)c1ccc(-c2c(Cl)cc(Cl)cc2Cl)nc1C(F)(F)F. The average Bonchev–Trinajstić information content (AvgIpc) is 2.35. The molecule has 0 amide bonds. The molecule has 2 aromatic rings. The molecule has 1 nitrogen and oxygen atoms in total. The molecule has 0 saturated heterocycles. The molecule has 0 spiro atoms.